The molecule has 18 heavy (non-hydrogen) atoms. The molecule has 0 saturated carbocycles. The molecule has 0 fully saturated rings. The molecule has 94 valence electrons. The molecule has 5 N–H and O–H groups in total. The fraction of sp³-hybridized carbons (Fsp3) is 0.154. The number of carbonyl (C=O) groups is 1. The summed E-state index contributed by atoms with van der Waals surface area (Å²) in [6.07, 6.45) is 3.39. The van der Waals surface area contributed by atoms with Crippen LogP contribution in [0.25, 0.3) is 0 Å². The van der Waals surface area contributed by atoms with Crippen molar-refractivity contribution in [2.45, 2.75) is 12.1 Å². The molecule has 0 aliphatic heterocycles. The smallest absolute Gasteiger partial charge is 0.256 e. The zero-order valence-electron chi connectivity index (χ0n) is 9.69. The monoisotopic (exact) mass is 263 g/mol. The maximum absolute atomic E-state index is 12.0. The topological polar surface area (TPSA) is 81.1 Å². The van der Waals surface area contributed by atoms with Gasteiger partial charge in [0.2, 0.25) is 0 Å². The highest BCUT2D eigenvalue weighted by atomic mass is 35.5. The Morgan fingerprint density at radius 3 is 2.56 bits per heavy atom. The van der Waals surface area contributed by atoms with Crippen molar-refractivity contribution in [3.8, 4) is 0 Å². The van der Waals surface area contributed by atoms with Gasteiger partial charge in [-0.25, -0.2) is 0 Å². The Kier molecular flexibility index (Phi) is 3.52. The van der Waals surface area contributed by atoms with E-state index in [0.717, 1.165) is 0 Å². The summed E-state index contributed by atoms with van der Waals surface area (Å²) < 4.78 is 0. The van der Waals surface area contributed by atoms with Crippen molar-refractivity contribution in [3.63, 3.8) is 0 Å². The number of nitrogens with one attached hydrogen (secondary N) is 1. The number of amides is 1. The van der Waals surface area contributed by atoms with Crippen LogP contribution in [0.1, 0.15) is 6.42 Å². The van der Waals surface area contributed by atoms with Gasteiger partial charge in [-0.1, -0.05) is 29.8 Å². The number of carbonyl (C=O) groups excluding carboxylic acids is 1. The van der Waals surface area contributed by atoms with Crippen LogP contribution < -0.4 is 16.8 Å². The summed E-state index contributed by atoms with van der Waals surface area (Å²) in [5.41, 5.74) is 11.6. The standard InChI is InChI=1S/C13H14ClN3O/c14-11-8-13(15,16)7-6-10(11)12(18)17-9-4-2-1-3-5-9/h1-7H,8,15-16H2,(H,17,18). The van der Waals surface area contributed by atoms with E-state index in [2.05, 4.69) is 5.32 Å². The van der Waals surface area contributed by atoms with Crippen molar-refractivity contribution in [2.75, 3.05) is 5.32 Å². The van der Waals surface area contributed by atoms with Crippen LogP contribution in [0.4, 0.5) is 5.69 Å². The molecule has 5 heteroatoms. The number of para-hydroxylation sites is 1. The van der Waals surface area contributed by atoms with E-state index in [1.54, 1.807) is 24.3 Å². The highest BCUT2D eigenvalue weighted by molar-refractivity contribution is 6.33. The second-order valence-corrected chi connectivity index (χ2v) is 4.72. The Hall–Kier alpha value is -1.62. The zero-order chi connectivity index (χ0) is 13.2. The van der Waals surface area contributed by atoms with Gasteiger partial charge in [0.05, 0.1) is 11.2 Å². The summed E-state index contributed by atoms with van der Waals surface area (Å²) in [5, 5.41) is 3.13. The fourth-order valence-electron chi connectivity index (χ4n) is 1.67. The average Bonchev–Trinajstić information content (AvgIpc) is 2.28. The Morgan fingerprint density at radius 2 is 1.94 bits per heavy atom. The molecule has 0 atom stereocenters. The fourth-order valence-corrected chi connectivity index (χ4v) is 2.05. The van der Waals surface area contributed by atoms with Gasteiger partial charge in [0.15, 0.2) is 0 Å². The minimum absolute atomic E-state index is 0.253. The van der Waals surface area contributed by atoms with E-state index in [9.17, 15) is 4.79 Å². The number of rotatable bonds is 2. The summed E-state index contributed by atoms with van der Waals surface area (Å²) in [5.74, 6) is -0.266. The van der Waals surface area contributed by atoms with Gasteiger partial charge in [-0.3, -0.25) is 4.79 Å². The van der Waals surface area contributed by atoms with Crippen LogP contribution in [0, 0.1) is 0 Å². The molecule has 0 bridgehead atoms. The first kappa shape index (κ1) is 12.8. The van der Waals surface area contributed by atoms with Crippen molar-refractivity contribution in [1.82, 2.24) is 0 Å². The minimum Gasteiger partial charge on any atom is -0.322 e. The molecule has 0 heterocycles. The van der Waals surface area contributed by atoms with Gasteiger partial charge < -0.3 is 16.8 Å². The second-order valence-electron chi connectivity index (χ2n) is 4.26. The lowest BCUT2D eigenvalue weighted by Crippen LogP contribution is -2.48. The van der Waals surface area contributed by atoms with E-state index in [4.69, 9.17) is 23.1 Å². The molecule has 0 spiro atoms. The summed E-state index contributed by atoms with van der Waals surface area (Å²) in [7, 11) is 0. The maximum atomic E-state index is 12.0. The lowest BCUT2D eigenvalue weighted by molar-refractivity contribution is -0.112. The van der Waals surface area contributed by atoms with E-state index in [1.807, 2.05) is 18.2 Å². The molecule has 0 saturated heterocycles. The lowest BCUT2D eigenvalue weighted by atomic mass is 9.97. The van der Waals surface area contributed by atoms with Crippen LogP contribution in [0.2, 0.25) is 0 Å². The molecule has 0 aromatic heterocycles. The molecule has 1 amide bonds. The highest BCUT2D eigenvalue weighted by Crippen LogP contribution is 2.26. The van der Waals surface area contributed by atoms with Gasteiger partial charge in [-0.2, -0.15) is 0 Å². The second kappa shape index (κ2) is 4.94. The molecule has 1 aliphatic rings. The van der Waals surface area contributed by atoms with Gasteiger partial charge in [0.25, 0.3) is 5.91 Å². The highest BCUT2D eigenvalue weighted by Gasteiger charge is 2.25. The first-order valence-electron chi connectivity index (χ1n) is 5.50. The summed E-state index contributed by atoms with van der Waals surface area (Å²) in [6, 6.07) is 9.16. The van der Waals surface area contributed by atoms with Crippen molar-refractivity contribution >= 4 is 23.2 Å². The van der Waals surface area contributed by atoms with Gasteiger partial charge in [0.1, 0.15) is 0 Å². The molecular weight excluding hydrogens is 250 g/mol. The molecule has 1 aromatic rings. The van der Waals surface area contributed by atoms with E-state index in [0.29, 0.717) is 16.3 Å². The Morgan fingerprint density at radius 1 is 1.28 bits per heavy atom. The number of nitrogens with two attached hydrogens (primary N) is 2. The molecule has 1 aromatic carbocycles. The van der Waals surface area contributed by atoms with Crippen molar-refractivity contribution in [3.05, 3.63) is 53.1 Å². The van der Waals surface area contributed by atoms with Crippen LogP contribution in [0.3, 0.4) is 0 Å². The number of hydrogen-bond acceptors (Lipinski definition) is 3. The largest absolute Gasteiger partial charge is 0.322 e. The normalized spacial score (nSPS) is 17.7. The van der Waals surface area contributed by atoms with E-state index in [-0.39, 0.29) is 12.3 Å². The number of anilines is 1. The molecular formula is C13H14ClN3O. The average molecular weight is 264 g/mol. The van der Waals surface area contributed by atoms with Crippen LogP contribution in [0.5, 0.6) is 0 Å². The number of benzene rings is 1. The van der Waals surface area contributed by atoms with Gasteiger partial charge >= 0.3 is 0 Å². The third kappa shape index (κ3) is 2.98. The van der Waals surface area contributed by atoms with Crippen molar-refractivity contribution in [1.29, 1.82) is 0 Å². The Balaban J connectivity index is 2.14. The molecule has 2 rings (SSSR count). The Bertz CT molecular complexity index is 520. The predicted molar refractivity (Wildman–Crippen MR) is 72.8 cm³/mol. The lowest BCUT2D eigenvalue weighted by Gasteiger charge is -2.24. The van der Waals surface area contributed by atoms with E-state index >= 15 is 0 Å². The van der Waals surface area contributed by atoms with Gasteiger partial charge in [-0.05, 0) is 24.3 Å². The Labute approximate surface area is 110 Å². The first-order valence-corrected chi connectivity index (χ1v) is 5.88. The van der Waals surface area contributed by atoms with Crippen molar-refractivity contribution < 1.29 is 4.79 Å². The summed E-state index contributed by atoms with van der Waals surface area (Å²) >= 11 is 6.04. The van der Waals surface area contributed by atoms with Crippen LogP contribution in [0.15, 0.2) is 53.1 Å². The quantitative estimate of drug-likeness (QED) is 0.710. The third-order valence-electron chi connectivity index (χ3n) is 2.59. The summed E-state index contributed by atoms with van der Waals surface area (Å²) in [4.78, 5) is 12.0. The van der Waals surface area contributed by atoms with Crippen LogP contribution in [-0.4, -0.2) is 11.6 Å². The minimum atomic E-state index is -0.979. The molecule has 4 nitrogen and oxygen atoms in total. The number of halogens is 1. The number of hydrogen-bond donors (Lipinski definition) is 3. The summed E-state index contributed by atoms with van der Waals surface area (Å²) in [6.45, 7) is 0. The maximum Gasteiger partial charge on any atom is 0.256 e. The van der Waals surface area contributed by atoms with Crippen molar-refractivity contribution in [2.24, 2.45) is 11.5 Å². The van der Waals surface area contributed by atoms with Crippen LogP contribution >= 0.6 is 11.6 Å². The van der Waals surface area contributed by atoms with Gasteiger partial charge in [-0.15, -0.1) is 0 Å². The molecule has 1 aliphatic carbocycles. The van der Waals surface area contributed by atoms with Gasteiger partial charge in [0, 0.05) is 17.1 Å². The molecule has 0 unspecified atom stereocenters. The third-order valence-corrected chi connectivity index (χ3v) is 2.93. The van der Waals surface area contributed by atoms with E-state index in [1.165, 1.54) is 0 Å². The first-order chi connectivity index (χ1) is 8.48. The van der Waals surface area contributed by atoms with E-state index < -0.39 is 5.66 Å². The molecule has 0 radical (unpaired) electrons. The predicted octanol–water partition coefficient (Wildman–Crippen LogP) is 1.69. The van der Waals surface area contributed by atoms with Crippen LogP contribution in [-0.2, 0) is 4.79 Å². The SMILES string of the molecule is NC1(N)C=CC(C(=O)Nc2ccccc2)=C(Cl)C1. The zero-order valence-corrected chi connectivity index (χ0v) is 10.4.